The number of benzene rings is 2. The molecule has 1 saturated heterocycles. The van der Waals surface area contributed by atoms with E-state index in [1.807, 2.05) is 4.90 Å². The Bertz CT molecular complexity index is 1130. The van der Waals surface area contributed by atoms with E-state index >= 15 is 0 Å². The van der Waals surface area contributed by atoms with Gasteiger partial charge in [-0.2, -0.15) is 8.42 Å². The van der Waals surface area contributed by atoms with E-state index in [4.69, 9.17) is 9.15 Å². The van der Waals surface area contributed by atoms with Crippen molar-refractivity contribution < 1.29 is 17.6 Å². The molecule has 2 aromatic carbocycles. The third-order valence-electron chi connectivity index (χ3n) is 4.90. The van der Waals surface area contributed by atoms with Gasteiger partial charge in [-0.05, 0) is 55.7 Å². The van der Waals surface area contributed by atoms with E-state index < -0.39 is 10.0 Å². The van der Waals surface area contributed by atoms with Crippen LogP contribution in [0.2, 0.25) is 0 Å². The van der Waals surface area contributed by atoms with E-state index in [2.05, 4.69) is 14.6 Å². The molecule has 2 heterocycles. The lowest BCUT2D eigenvalue weighted by Crippen LogP contribution is -2.28. The number of nitrogens with zero attached hydrogens (tertiary/aromatic N) is 4. The molecule has 0 bridgehead atoms. The van der Waals surface area contributed by atoms with Gasteiger partial charge in [0.1, 0.15) is 17.0 Å². The average Bonchev–Trinajstić information content (AvgIpc) is 3.29. The fourth-order valence-corrected chi connectivity index (χ4v) is 4.32. The highest BCUT2D eigenvalue weighted by molar-refractivity contribution is 7.90. The molecule has 0 radical (unpaired) electrons. The highest BCUT2D eigenvalue weighted by atomic mass is 32.2. The molecule has 4 rings (SSSR count). The van der Waals surface area contributed by atoms with Crippen LogP contribution in [0.25, 0.3) is 22.9 Å². The predicted molar refractivity (Wildman–Crippen MR) is 113 cm³/mol. The second-order valence-corrected chi connectivity index (χ2v) is 8.53. The minimum Gasteiger partial charge on any atom is -0.497 e. The molecule has 0 aliphatic carbocycles. The minimum atomic E-state index is -3.92. The van der Waals surface area contributed by atoms with Crippen LogP contribution in [0.3, 0.4) is 0 Å². The van der Waals surface area contributed by atoms with E-state index in [1.165, 1.54) is 12.4 Å². The van der Waals surface area contributed by atoms with Crippen molar-refractivity contribution in [1.29, 1.82) is 0 Å². The summed E-state index contributed by atoms with van der Waals surface area (Å²) in [6, 6.07) is 13.7. The molecule has 0 saturated carbocycles. The molecule has 1 aromatic heterocycles. The first kappa shape index (κ1) is 20.1. The topological polar surface area (TPSA) is 97.9 Å². The Balaban J connectivity index is 1.63. The van der Waals surface area contributed by atoms with Gasteiger partial charge in [0, 0.05) is 18.7 Å². The van der Waals surface area contributed by atoms with Crippen molar-refractivity contribution in [2.75, 3.05) is 20.2 Å². The van der Waals surface area contributed by atoms with Gasteiger partial charge in [-0.25, -0.2) is 0 Å². The first-order valence-electron chi connectivity index (χ1n) is 9.69. The van der Waals surface area contributed by atoms with Gasteiger partial charge < -0.3 is 14.1 Å². The van der Waals surface area contributed by atoms with Crippen LogP contribution >= 0.6 is 0 Å². The number of hydrogen-bond acceptors (Lipinski definition) is 6. The highest BCUT2D eigenvalue weighted by Gasteiger charge is 2.22. The van der Waals surface area contributed by atoms with E-state index in [1.54, 1.807) is 49.6 Å². The van der Waals surface area contributed by atoms with E-state index in [0.29, 0.717) is 16.9 Å². The van der Waals surface area contributed by atoms with Crippen LogP contribution < -0.4 is 4.74 Å². The molecule has 1 fully saturated rings. The summed E-state index contributed by atoms with van der Waals surface area (Å²) in [7, 11) is -2.33. The Hall–Kier alpha value is -3.20. The van der Waals surface area contributed by atoms with Crippen LogP contribution in [0.15, 0.2) is 62.2 Å². The Labute approximate surface area is 175 Å². The number of rotatable bonds is 6. The summed E-state index contributed by atoms with van der Waals surface area (Å²) in [4.78, 5) is 1.96. The molecule has 9 heteroatoms. The number of sulfonamides is 1. The molecule has 0 spiro atoms. The van der Waals surface area contributed by atoms with Crippen LogP contribution in [-0.4, -0.2) is 50.1 Å². The van der Waals surface area contributed by atoms with Crippen LogP contribution in [-0.2, 0) is 10.0 Å². The monoisotopic (exact) mass is 426 g/mol. The second kappa shape index (κ2) is 8.66. The van der Waals surface area contributed by atoms with Crippen LogP contribution in [0.1, 0.15) is 19.3 Å². The van der Waals surface area contributed by atoms with Crippen molar-refractivity contribution in [3.05, 3.63) is 48.5 Å². The second-order valence-electron chi connectivity index (χ2n) is 6.93. The summed E-state index contributed by atoms with van der Waals surface area (Å²) < 4.78 is 40.6. The number of methoxy groups -OCH3 is 1. The molecule has 0 unspecified atom stereocenters. The van der Waals surface area contributed by atoms with Gasteiger partial charge in [0.15, 0.2) is 0 Å². The van der Waals surface area contributed by atoms with Gasteiger partial charge >= 0.3 is 0 Å². The fraction of sp³-hybridized carbons (Fsp3) is 0.286. The zero-order chi connectivity index (χ0) is 21.0. The molecule has 30 heavy (non-hydrogen) atoms. The van der Waals surface area contributed by atoms with Crippen molar-refractivity contribution >= 4 is 16.4 Å². The Morgan fingerprint density at radius 1 is 1.00 bits per heavy atom. The minimum absolute atomic E-state index is 0.0307. The number of hydrogen-bond donors (Lipinski definition) is 0. The summed E-state index contributed by atoms with van der Waals surface area (Å²) in [6.45, 7) is 1.63. The summed E-state index contributed by atoms with van der Waals surface area (Å²) in [5.41, 5.74) is 1.03. The zero-order valence-electron chi connectivity index (χ0n) is 16.6. The first-order chi connectivity index (χ1) is 14.6. The van der Waals surface area contributed by atoms with E-state index in [0.717, 1.165) is 32.4 Å². The lowest BCUT2D eigenvalue weighted by atomic mass is 10.1. The lowest BCUT2D eigenvalue weighted by molar-refractivity contribution is 0.351. The molecule has 3 aromatic rings. The quantitative estimate of drug-likeness (QED) is 0.439. The maximum atomic E-state index is 12.9. The summed E-state index contributed by atoms with van der Waals surface area (Å²) in [5.74, 6) is 1.12. The Kier molecular flexibility index (Phi) is 5.80. The van der Waals surface area contributed by atoms with Gasteiger partial charge in [0.25, 0.3) is 10.0 Å². The smallest absolute Gasteiger partial charge is 0.284 e. The zero-order valence-corrected chi connectivity index (χ0v) is 17.4. The lowest BCUT2D eigenvalue weighted by Gasteiger charge is -2.23. The molecule has 1 aliphatic rings. The maximum Gasteiger partial charge on any atom is 0.284 e. The predicted octanol–water partition coefficient (Wildman–Crippen LogP) is 3.62. The highest BCUT2D eigenvalue weighted by Crippen LogP contribution is 2.30. The SMILES string of the molecule is COc1ccc(-c2nnc(-c3ccccc3S(=O)(=O)/N=C\N3CCCCC3)o2)cc1. The average molecular weight is 426 g/mol. The van der Waals surface area contributed by atoms with Crippen LogP contribution in [0.4, 0.5) is 0 Å². The van der Waals surface area contributed by atoms with Crippen molar-refractivity contribution in [2.45, 2.75) is 24.2 Å². The van der Waals surface area contributed by atoms with Crippen LogP contribution in [0, 0.1) is 0 Å². The van der Waals surface area contributed by atoms with Crippen molar-refractivity contribution in [1.82, 2.24) is 15.1 Å². The third kappa shape index (κ3) is 4.35. The Morgan fingerprint density at radius 3 is 2.43 bits per heavy atom. The third-order valence-corrected chi connectivity index (χ3v) is 6.18. The largest absolute Gasteiger partial charge is 0.497 e. The summed E-state index contributed by atoms with van der Waals surface area (Å²) in [5, 5.41) is 8.12. The maximum absolute atomic E-state index is 12.9. The molecule has 1 aliphatic heterocycles. The molecule has 0 atom stereocenters. The van der Waals surface area contributed by atoms with E-state index in [9.17, 15) is 8.42 Å². The van der Waals surface area contributed by atoms with Crippen molar-refractivity contribution in [3.8, 4) is 28.7 Å². The van der Waals surface area contributed by atoms with Crippen molar-refractivity contribution in [3.63, 3.8) is 0 Å². The molecular weight excluding hydrogens is 404 g/mol. The fourth-order valence-electron chi connectivity index (χ4n) is 3.27. The van der Waals surface area contributed by atoms with Gasteiger partial charge in [-0.3, -0.25) is 0 Å². The number of likely N-dealkylation sites (tertiary alicyclic amines) is 1. The standard InChI is InChI=1S/C21H22N4O4S/c1-28-17-11-9-16(10-12-17)20-23-24-21(29-20)18-7-3-4-8-19(18)30(26,27)22-15-25-13-5-2-6-14-25/h3-4,7-12,15H,2,5-6,13-14H2,1H3/b22-15-. The molecule has 156 valence electrons. The number of aromatic nitrogens is 2. The van der Waals surface area contributed by atoms with Crippen molar-refractivity contribution in [2.24, 2.45) is 4.40 Å². The molecule has 0 N–H and O–H groups in total. The Morgan fingerprint density at radius 2 is 1.70 bits per heavy atom. The molecule has 8 nitrogen and oxygen atoms in total. The summed E-state index contributed by atoms with van der Waals surface area (Å²) >= 11 is 0. The first-order valence-corrected chi connectivity index (χ1v) is 11.1. The van der Waals surface area contributed by atoms with Gasteiger partial charge in [0.2, 0.25) is 11.8 Å². The van der Waals surface area contributed by atoms with E-state index in [-0.39, 0.29) is 16.7 Å². The van der Waals surface area contributed by atoms with Gasteiger partial charge in [-0.15, -0.1) is 14.6 Å². The normalized spacial score (nSPS) is 14.9. The van der Waals surface area contributed by atoms with Crippen LogP contribution in [0.5, 0.6) is 5.75 Å². The van der Waals surface area contributed by atoms with Gasteiger partial charge in [-0.1, -0.05) is 12.1 Å². The number of piperidine rings is 1. The number of ether oxygens (including phenoxy) is 1. The molecule has 0 amide bonds. The van der Waals surface area contributed by atoms with Gasteiger partial charge in [0.05, 0.1) is 12.7 Å². The summed E-state index contributed by atoms with van der Waals surface area (Å²) in [6.07, 6.45) is 4.66. The molecular formula is C21H22N4O4S.